The maximum Gasteiger partial charge on any atom is 0.240 e. The number of carbonyl (C=O) groups is 1. The summed E-state index contributed by atoms with van der Waals surface area (Å²) in [6.07, 6.45) is 3.34. The van der Waals surface area contributed by atoms with Crippen molar-refractivity contribution >= 4 is 33.9 Å². The van der Waals surface area contributed by atoms with E-state index in [1.54, 1.807) is 12.4 Å². The van der Waals surface area contributed by atoms with Gasteiger partial charge in [0.2, 0.25) is 5.91 Å². The molecule has 1 fully saturated rings. The van der Waals surface area contributed by atoms with Crippen LogP contribution in [0.25, 0.3) is 0 Å². The molecule has 156 valence electrons. The lowest BCUT2D eigenvalue weighted by Crippen LogP contribution is -2.42. The second-order valence-electron chi connectivity index (χ2n) is 7.12. The SMILES string of the molecule is Cc1nc(NC(=O)CN2CCOC(c3ccc(Nc4ccccn4)cn3)C2)sc1C. The molecule has 0 bridgehead atoms. The Hall–Kier alpha value is -2.88. The number of pyridine rings is 2. The minimum atomic E-state index is -0.167. The number of ether oxygens (including phenoxy) is 1. The van der Waals surface area contributed by atoms with Crippen LogP contribution in [0, 0.1) is 13.8 Å². The second kappa shape index (κ2) is 9.29. The standard InChI is InChI=1S/C21H24N6O2S/c1-14-15(2)30-21(24-14)26-20(28)13-27-9-10-29-18(12-27)17-7-6-16(11-23-17)25-19-5-3-4-8-22-19/h3-8,11,18H,9-10,12-13H2,1-2H3,(H,22,25)(H,24,26,28). The Morgan fingerprint density at radius 1 is 1.27 bits per heavy atom. The summed E-state index contributed by atoms with van der Waals surface area (Å²) in [5, 5.41) is 6.76. The molecule has 2 N–H and O–H groups in total. The Morgan fingerprint density at radius 3 is 2.87 bits per heavy atom. The van der Waals surface area contributed by atoms with Gasteiger partial charge in [-0.2, -0.15) is 0 Å². The first kappa shape index (κ1) is 20.4. The van der Waals surface area contributed by atoms with Gasteiger partial charge in [-0.3, -0.25) is 14.7 Å². The van der Waals surface area contributed by atoms with E-state index >= 15 is 0 Å². The van der Waals surface area contributed by atoms with Gasteiger partial charge < -0.3 is 15.4 Å². The molecular weight excluding hydrogens is 400 g/mol. The number of aromatic nitrogens is 3. The highest BCUT2D eigenvalue weighted by atomic mass is 32.1. The monoisotopic (exact) mass is 424 g/mol. The third-order valence-electron chi connectivity index (χ3n) is 4.85. The number of morpholine rings is 1. The van der Waals surface area contributed by atoms with E-state index in [0.717, 1.165) is 27.8 Å². The van der Waals surface area contributed by atoms with Crippen molar-refractivity contribution in [2.24, 2.45) is 0 Å². The van der Waals surface area contributed by atoms with Crippen molar-refractivity contribution < 1.29 is 9.53 Å². The molecule has 4 rings (SSSR count). The van der Waals surface area contributed by atoms with Crippen LogP contribution in [0.1, 0.15) is 22.4 Å². The average Bonchev–Trinajstić information content (AvgIpc) is 3.06. The van der Waals surface area contributed by atoms with Gasteiger partial charge in [-0.15, -0.1) is 11.3 Å². The molecule has 0 spiro atoms. The van der Waals surface area contributed by atoms with Gasteiger partial charge in [0.05, 0.1) is 36.4 Å². The van der Waals surface area contributed by atoms with Gasteiger partial charge in [0.25, 0.3) is 0 Å². The van der Waals surface area contributed by atoms with E-state index in [4.69, 9.17) is 4.74 Å². The molecule has 0 aromatic carbocycles. The number of nitrogens with one attached hydrogen (secondary N) is 2. The van der Waals surface area contributed by atoms with Gasteiger partial charge >= 0.3 is 0 Å². The normalized spacial score (nSPS) is 16.9. The smallest absolute Gasteiger partial charge is 0.240 e. The highest BCUT2D eigenvalue weighted by Gasteiger charge is 2.24. The molecule has 0 radical (unpaired) electrons. The van der Waals surface area contributed by atoms with Crippen molar-refractivity contribution in [3.8, 4) is 0 Å². The first-order chi connectivity index (χ1) is 14.6. The fraction of sp³-hybridized carbons (Fsp3) is 0.333. The summed E-state index contributed by atoms with van der Waals surface area (Å²) in [7, 11) is 0. The van der Waals surface area contributed by atoms with E-state index in [2.05, 4.69) is 30.5 Å². The summed E-state index contributed by atoms with van der Waals surface area (Å²) in [5.41, 5.74) is 2.66. The first-order valence-corrected chi connectivity index (χ1v) is 10.6. The van der Waals surface area contributed by atoms with E-state index in [9.17, 15) is 4.79 Å². The minimum absolute atomic E-state index is 0.0627. The average molecular weight is 425 g/mol. The Morgan fingerprint density at radius 2 is 2.17 bits per heavy atom. The number of nitrogens with zero attached hydrogens (tertiary/aromatic N) is 4. The van der Waals surface area contributed by atoms with E-state index in [0.29, 0.717) is 31.4 Å². The van der Waals surface area contributed by atoms with Crippen molar-refractivity contribution in [2.75, 3.05) is 36.9 Å². The third-order valence-corrected chi connectivity index (χ3v) is 5.83. The molecule has 0 saturated carbocycles. The zero-order valence-corrected chi connectivity index (χ0v) is 17.8. The number of amides is 1. The van der Waals surface area contributed by atoms with E-state index in [1.807, 2.05) is 44.2 Å². The van der Waals surface area contributed by atoms with Gasteiger partial charge in [0.15, 0.2) is 5.13 Å². The van der Waals surface area contributed by atoms with E-state index in [-0.39, 0.29) is 12.0 Å². The molecule has 1 atom stereocenters. The molecule has 0 aliphatic carbocycles. The fourth-order valence-electron chi connectivity index (χ4n) is 3.17. The van der Waals surface area contributed by atoms with Crippen molar-refractivity contribution in [3.63, 3.8) is 0 Å². The number of rotatable bonds is 6. The molecule has 4 heterocycles. The zero-order chi connectivity index (χ0) is 20.9. The van der Waals surface area contributed by atoms with Gasteiger partial charge in [-0.05, 0) is 38.1 Å². The van der Waals surface area contributed by atoms with Crippen LogP contribution in [0.15, 0.2) is 42.7 Å². The summed E-state index contributed by atoms with van der Waals surface area (Å²) < 4.78 is 5.89. The molecule has 8 nitrogen and oxygen atoms in total. The molecular formula is C21H24N6O2S. The van der Waals surface area contributed by atoms with Crippen LogP contribution in [0.3, 0.4) is 0 Å². The molecule has 1 aliphatic rings. The van der Waals surface area contributed by atoms with E-state index in [1.165, 1.54) is 11.3 Å². The Kier molecular flexibility index (Phi) is 6.32. The van der Waals surface area contributed by atoms with Crippen molar-refractivity contribution in [1.29, 1.82) is 0 Å². The second-order valence-corrected chi connectivity index (χ2v) is 8.32. The minimum Gasteiger partial charge on any atom is -0.369 e. The molecule has 1 aliphatic heterocycles. The van der Waals surface area contributed by atoms with Gasteiger partial charge in [0.1, 0.15) is 11.9 Å². The lowest BCUT2D eigenvalue weighted by atomic mass is 10.2. The fourth-order valence-corrected chi connectivity index (χ4v) is 4.00. The van der Waals surface area contributed by atoms with Gasteiger partial charge in [-0.1, -0.05) is 6.07 Å². The number of carbonyl (C=O) groups excluding carboxylic acids is 1. The Bertz CT molecular complexity index is 973. The van der Waals surface area contributed by atoms with Crippen molar-refractivity contribution in [1.82, 2.24) is 19.9 Å². The molecule has 3 aromatic rings. The van der Waals surface area contributed by atoms with Crippen LogP contribution < -0.4 is 10.6 Å². The van der Waals surface area contributed by atoms with Crippen LogP contribution in [0.5, 0.6) is 0 Å². The maximum atomic E-state index is 12.4. The number of hydrogen-bond acceptors (Lipinski definition) is 8. The molecule has 3 aromatic heterocycles. The topological polar surface area (TPSA) is 92.3 Å². The Labute approximate surface area is 179 Å². The predicted molar refractivity (Wildman–Crippen MR) is 117 cm³/mol. The number of hydrogen-bond donors (Lipinski definition) is 2. The number of aryl methyl sites for hydroxylation is 2. The highest BCUT2D eigenvalue weighted by Crippen LogP contribution is 2.23. The summed E-state index contributed by atoms with van der Waals surface area (Å²) in [6.45, 7) is 6.13. The lowest BCUT2D eigenvalue weighted by Gasteiger charge is -2.32. The number of thiazole rings is 1. The summed E-state index contributed by atoms with van der Waals surface area (Å²) >= 11 is 1.50. The number of anilines is 3. The first-order valence-electron chi connectivity index (χ1n) is 9.78. The lowest BCUT2D eigenvalue weighted by molar-refractivity contribution is -0.119. The molecule has 1 unspecified atom stereocenters. The van der Waals surface area contributed by atoms with Crippen LogP contribution in [0.4, 0.5) is 16.6 Å². The predicted octanol–water partition coefficient (Wildman–Crippen LogP) is 3.31. The molecule has 1 saturated heterocycles. The highest BCUT2D eigenvalue weighted by molar-refractivity contribution is 7.15. The van der Waals surface area contributed by atoms with Crippen LogP contribution >= 0.6 is 11.3 Å². The summed E-state index contributed by atoms with van der Waals surface area (Å²) in [4.78, 5) is 28.8. The molecule has 30 heavy (non-hydrogen) atoms. The van der Waals surface area contributed by atoms with Gasteiger partial charge in [-0.25, -0.2) is 9.97 Å². The quantitative estimate of drug-likeness (QED) is 0.627. The van der Waals surface area contributed by atoms with Crippen LogP contribution in [-0.2, 0) is 9.53 Å². The Balaban J connectivity index is 1.32. The zero-order valence-electron chi connectivity index (χ0n) is 17.0. The molecule has 9 heteroatoms. The van der Waals surface area contributed by atoms with Gasteiger partial charge in [0, 0.05) is 24.2 Å². The van der Waals surface area contributed by atoms with Crippen molar-refractivity contribution in [3.05, 3.63) is 59.0 Å². The summed E-state index contributed by atoms with van der Waals surface area (Å²) in [5.74, 6) is 0.705. The van der Waals surface area contributed by atoms with Crippen LogP contribution in [0.2, 0.25) is 0 Å². The third kappa shape index (κ3) is 5.18. The van der Waals surface area contributed by atoms with Crippen LogP contribution in [-0.4, -0.2) is 52.0 Å². The summed E-state index contributed by atoms with van der Waals surface area (Å²) in [6, 6.07) is 9.60. The largest absolute Gasteiger partial charge is 0.369 e. The molecule has 1 amide bonds. The van der Waals surface area contributed by atoms with E-state index < -0.39 is 0 Å². The maximum absolute atomic E-state index is 12.4. The van der Waals surface area contributed by atoms with Crippen molar-refractivity contribution in [2.45, 2.75) is 20.0 Å².